The van der Waals surface area contributed by atoms with Crippen molar-refractivity contribution in [2.75, 3.05) is 18.2 Å². The van der Waals surface area contributed by atoms with Crippen molar-refractivity contribution in [2.24, 2.45) is 0 Å². The first kappa shape index (κ1) is 18.2. The molecule has 130 valence electrons. The van der Waals surface area contributed by atoms with Gasteiger partial charge in [0.2, 0.25) is 5.91 Å². The number of ether oxygens (including phenoxy) is 1. The standard InChI is InChI=1S/C19H14BrN3O2S/c1-25-14-6-7-16-12(9-14)8-13(10-21)19(23-16)26-11-18(24)22-17-5-3-2-4-15(17)20/h2-9H,11H2,1H3,(H,22,24). The van der Waals surface area contributed by atoms with E-state index in [9.17, 15) is 10.1 Å². The number of thioether (sulfide) groups is 1. The molecule has 1 N–H and O–H groups in total. The number of para-hydroxylation sites is 1. The molecule has 0 fully saturated rings. The smallest absolute Gasteiger partial charge is 0.234 e. The summed E-state index contributed by atoms with van der Waals surface area (Å²) in [6.45, 7) is 0. The van der Waals surface area contributed by atoms with E-state index < -0.39 is 0 Å². The van der Waals surface area contributed by atoms with Gasteiger partial charge < -0.3 is 10.1 Å². The minimum absolute atomic E-state index is 0.157. The number of benzene rings is 2. The molecule has 0 bridgehead atoms. The van der Waals surface area contributed by atoms with Gasteiger partial charge in [-0.3, -0.25) is 4.79 Å². The topological polar surface area (TPSA) is 75.0 Å². The SMILES string of the molecule is COc1ccc2nc(SCC(=O)Nc3ccccc3Br)c(C#N)cc2c1. The van der Waals surface area contributed by atoms with Crippen molar-refractivity contribution in [1.29, 1.82) is 5.26 Å². The van der Waals surface area contributed by atoms with Crippen LogP contribution in [0.15, 0.2) is 58.0 Å². The maximum atomic E-state index is 12.2. The minimum atomic E-state index is -0.164. The van der Waals surface area contributed by atoms with Crippen LogP contribution in [0.1, 0.15) is 5.56 Å². The number of nitriles is 1. The predicted molar refractivity (Wildman–Crippen MR) is 107 cm³/mol. The Morgan fingerprint density at radius 2 is 2.12 bits per heavy atom. The molecule has 1 amide bonds. The van der Waals surface area contributed by atoms with E-state index >= 15 is 0 Å². The number of amides is 1. The van der Waals surface area contributed by atoms with E-state index in [4.69, 9.17) is 4.74 Å². The summed E-state index contributed by atoms with van der Waals surface area (Å²) < 4.78 is 6.01. The van der Waals surface area contributed by atoms with Crippen molar-refractivity contribution < 1.29 is 9.53 Å². The Kier molecular flexibility index (Phi) is 5.76. The van der Waals surface area contributed by atoms with Gasteiger partial charge in [-0.25, -0.2) is 4.98 Å². The highest BCUT2D eigenvalue weighted by Gasteiger charge is 2.12. The molecule has 0 saturated heterocycles. The molecule has 1 aromatic heterocycles. The molecule has 1 heterocycles. The number of fused-ring (bicyclic) bond motifs is 1. The third-order valence-electron chi connectivity index (χ3n) is 3.60. The van der Waals surface area contributed by atoms with Gasteiger partial charge in [-0.15, -0.1) is 0 Å². The highest BCUT2D eigenvalue weighted by Crippen LogP contribution is 2.27. The van der Waals surface area contributed by atoms with E-state index in [0.717, 1.165) is 15.4 Å². The number of methoxy groups -OCH3 is 1. The third-order valence-corrected chi connectivity index (χ3v) is 5.28. The normalized spacial score (nSPS) is 10.3. The average molecular weight is 428 g/mol. The quantitative estimate of drug-likeness (QED) is 0.601. The number of anilines is 1. The second kappa shape index (κ2) is 8.21. The van der Waals surface area contributed by atoms with Gasteiger partial charge in [0.15, 0.2) is 0 Å². The number of hydrogen-bond donors (Lipinski definition) is 1. The van der Waals surface area contributed by atoms with Crippen molar-refractivity contribution in [2.45, 2.75) is 5.03 Å². The van der Waals surface area contributed by atoms with Crippen molar-refractivity contribution in [1.82, 2.24) is 4.98 Å². The van der Waals surface area contributed by atoms with Crippen LogP contribution in [0.3, 0.4) is 0 Å². The molecule has 7 heteroatoms. The van der Waals surface area contributed by atoms with E-state index in [2.05, 4.69) is 32.3 Å². The molecule has 0 aliphatic rings. The lowest BCUT2D eigenvalue weighted by Crippen LogP contribution is -2.14. The van der Waals surface area contributed by atoms with Crippen LogP contribution in [0.5, 0.6) is 5.75 Å². The van der Waals surface area contributed by atoms with Gasteiger partial charge in [0.05, 0.1) is 29.6 Å². The van der Waals surface area contributed by atoms with Crippen LogP contribution >= 0.6 is 27.7 Å². The number of nitrogens with one attached hydrogen (secondary N) is 1. The van der Waals surface area contributed by atoms with E-state index in [1.807, 2.05) is 42.5 Å². The van der Waals surface area contributed by atoms with Crippen molar-refractivity contribution in [3.8, 4) is 11.8 Å². The summed E-state index contributed by atoms with van der Waals surface area (Å²) in [5.41, 5.74) is 1.89. The molecule has 0 aliphatic heterocycles. The zero-order valence-electron chi connectivity index (χ0n) is 13.8. The second-order valence-electron chi connectivity index (χ2n) is 5.33. The highest BCUT2D eigenvalue weighted by atomic mass is 79.9. The summed E-state index contributed by atoms with van der Waals surface area (Å²) in [6, 6.07) is 16.8. The zero-order chi connectivity index (χ0) is 18.5. The predicted octanol–water partition coefficient (Wildman–Crippen LogP) is 4.61. The molecule has 5 nitrogen and oxygen atoms in total. The molecule has 0 saturated carbocycles. The lowest BCUT2D eigenvalue weighted by molar-refractivity contribution is -0.113. The number of carbonyl (C=O) groups excluding carboxylic acids is 1. The molecule has 0 atom stereocenters. The first-order chi connectivity index (χ1) is 12.6. The fourth-order valence-electron chi connectivity index (χ4n) is 2.34. The maximum absolute atomic E-state index is 12.2. The lowest BCUT2D eigenvalue weighted by Gasteiger charge is -2.08. The Bertz CT molecular complexity index is 1020. The lowest BCUT2D eigenvalue weighted by atomic mass is 10.1. The van der Waals surface area contributed by atoms with Gasteiger partial charge in [0.1, 0.15) is 16.8 Å². The fraction of sp³-hybridized carbons (Fsp3) is 0.105. The van der Waals surface area contributed by atoms with Crippen LogP contribution in [0, 0.1) is 11.3 Å². The number of nitrogens with zero attached hydrogens (tertiary/aromatic N) is 2. The van der Waals surface area contributed by atoms with Gasteiger partial charge in [0.25, 0.3) is 0 Å². The van der Waals surface area contributed by atoms with Crippen molar-refractivity contribution in [3.63, 3.8) is 0 Å². The van der Waals surface area contributed by atoms with Crippen LogP contribution in [0.25, 0.3) is 10.9 Å². The Morgan fingerprint density at radius 1 is 1.31 bits per heavy atom. The molecular formula is C19H14BrN3O2S. The number of hydrogen-bond acceptors (Lipinski definition) is 5. The van der Waals surface area contributed by atoms with Gasteiger partial charge >= 0.3 is 0 Å². The Labute approximate surface area is 163 Å². The summed E-state index contributed by atoms with van der Waals surface area (Å²) in [5.74, 6) is 0.698. The molecule has 0 aliphatic carbocycles. The molecule has 0 spiro atoms. The van der Waals surface area contributed by atoms with Crippen molar-refractivity contribution in [3.05, 3.63) is 58.6 Å². The maximum Gasteiger partial charge on any atom is 0.234 e. The minimum Gasteiger partial charge on any atom is -0.497 e. The van der Waals surface area contributed by atoms with Crippen LogP contribution in [-0.4, -0.2) is 23.8 Å². The number of aromatic nitrogens is 1. The number of rotatable bonds is 5. The van der Waals surface area contributed by atoms with Gasteiger partial charge in [0, 0.05) is 9.86 Å². The second-order valence-corrected chi connectivity index (χ2v) is 7.15. The zero-order valence-corrected chi connectivity index (χ0v) is 16.2. The van der Waals surface area contributed by atoms with Crippen molar-refractivity contribution >= 4 is 50.2 Å². The Balaban J connectivity index is 1.77. The first-order valence-corrected chi connectivity index (χ1v) is 9.44. The summed E-state index contributed by atoms with van der Waals surface area (Å²) in [6.07, 6.45) is 0. The van der Waals surface area contributed by atoms with Crippen LogP contribution < -0.4 is 10.1 Å². The number of halogens is 1. The Hall–Kier alpha value is -2.56. The monoisotopic (exact) mass is 427 g/mol. The molecule has 2 aromatic carbocycles. The van der Waals surface area contributed by atoms with Gasteiger partial charge in [-0.1, -0.05) is 23.9 Å². The van der Waals surface area contributed by atoms with Gasteiger partial charge in [-0.2, -0.15) is 5.26 Å². The van der Waals surface area contributed by atoms with Crippen LogP contribution in [0.2, 0.25) is 0 Å². The molecule has 0 radical (unpaired) electrons. The third kappa shape index (κ3) is 4.15. The molecule has 26 heavy (non-hydrogen) atoms. The van der Waals surface area contributed by atoms with E-state index in [1.54, 1.807) is 13.2 Å². The van der Waals surface area contributed by atoms with E-state index in [1.165, 1.54) is 11.8 Å². The molecule has 0 unspecified atom stereocenters. The molecular weight excluding hydrogens is 414 g/mol. The Morgan fingerprint density at radius 3 is 2.85 bits per heavy atom. The summed E-state index contributed by atoms with van der Waals surface area (Å²) in [7, 11) is 1.59. The van der Waals surface area contributed by atoms with Crippen LogP contribution in [-0.2, 0) is 4.79 Å². The summed E-state index contributed by atoms with van der Waals surface area (Å²) in [4.78, 5) is 16.7. The van der Waals surface area contributed by atoms with Crippen LogP contribution in [0.4, 0.5) is 5.69 Å². The van der Waals surface area contributed by atoms with Gasteiger partial charge in [-0.05, 0) is 52.3 Å². The largest absolute Gasteiger partial charge is 0.497 e. The number of carbonyl (C=O) groups is 1. The van der Waals surface area contributed by atoms with E-state index in [-0.39, 0.29) is 11.7 Å². The number of pyridine rings is 1. The fourth-order valence-corrected chi connectivity index (χ4v) is 3.48. The molecule has 3 rings (SSSR count). The first-order valence-electron chi connectivity index (χ1n) is 7.67. The average Bonchev–Trinajstić information content (AvgIpc) is 2.67. The molecule has 3 aromatic rings. The highest BCUT2D eigenvalue weighted by molar-refractivity contribution is 9.10. The summed E-state index contributed by atoms with van der Waals surface area (Å²) >= 11 is 4.63. The van der Waals surface area contributed by atoms with E-state index in [0.29, 0.717) is 22.0 Å². The summed E-state index contributed by atoms with van der Waals surface area (Å²) in [5, 5.41) is 13.6.